The highest BCUT2D eigenvalue weighted by Gasteiger charge is 2.15. The summed E-state index contributed by atoms with van der Waals surface area (Å²) in [5.41, 5.74) is 1.62. The molecule has 0 aliphatic heterocycles. The summed E-state index contributed by atoms with van der Waals surface area (Å²) in [6.07, 6.45) is 0. The molecule has 2 heterocycles. The SMILES string of the molecule is Cc1nnc2sc(-c3ccccc3NC(=O)c3cccc(F)c3)nn12. The number of nitrogens with zero attached hydrogens (tertiary/aromatic N) is 4. The molecule has 0 aliphatic carbocycles. The van der Waals surface area contributed by atoms with Crippen LogP contribution in [0.5, 0.6) is 0 Å². The minimum atomic E-state index is -0.454. The number of aryl methyl sites for hydroxylation is 1. The van der Waals surface area contributed by atoms with Gasteiger partial charge in [0, 0.05) is 11.1 Å². The van der Waals surface area contributed by atoms with Crippen molar-refractivity contribution in [3.8, 4) is 10.6 Å². The molecule has 0 bridgehead atoms. The number of para-hydroxylation sites is 1. The molecule has 0 aliphatic rings. The predicted molar refractivity (Wildman–Crippen MR) is 93.2 cm³/mol. The van der Waals surface area contributed by atoms with Gasteiger partial charge in [-0.1, -0.05) is 29.5 Å². The van der Waals surface area contributed by atoms with Crippen molar-refractivity contribution < 1.29 is 9.18 Å². The summed E-state index contributed by atoms with van der Waals surface area (Å²) >= 11 is 1.38. The van der Waals surface area contributed by atoms with Crippen molar-refractivity contribution in [3.05, 3.63) is 65.7 Å². The van der Waals surface area contributed by atoms with Gasteiger partial charge in [0.25, 0.3) is 5.91 Å². The van der Waals surface area contributed by atoms with E-state index in [0.29, 0.717) is 21.5 Å². The number of carbonyl (C=O) groups excluding carboxylic acids is 1. The van der Waals surface area contributed by atoms with Gasteiger partial charge < -0.3 is 5.32 Å². The summed E-state index contributed by atoms with van der Waals surface area (Å²) in [6, 6.07) is 12.9. The van der Waals surface area contributed by atoms with E-state index in [4.69, 9.17) is 0 Å². The normalized spacial score (nSPS) is 11.0. The van der Waals surface area contributed by atoms with Gasteiger partial charge in [0.1, 0.15) is 10.8 Å². The average molecular weight is 353 g/mol. The van der Waals surface area contributed by atoms with Crippen LogP contribution in [0.1, 0.15) is 16.2 Å². The highest BCUT2D eigenvalue weighted by atomic mass is 32.1. The van der Waals surface area contributed by atoms with E-state index in [1.165, 1.54) is 29.5 Å². The number of amides is 1. The molecule has 25 heavy (non-hydrogen) atoms. The summed E-state index contributed by atoms with van der Waals surface area (Å²) < 4.78 is 15.0. The third-order valence-electron chi connectivity index (χ3n) is 3.64. The lowest BCUT2D eigenvalue weighted by Crippen LogP contribution is -2.12. The van der Waals surface area contributed by atoms with Gasteiger partial charge >= 0.3 is 0 Å². The van der Waals surface area contributed by atoms with Gasteiger partial charge in [-0.2, -0.15) is 9.61 Å². The quantitative estimate of drug-likeness (QED) is 0.611. The van der Waals surface area contributed by atoms with Gasteiger partial charge in [-0.3, -0.25) is 4.79 Å². The Hall–Kier alpha value is -3.13. The second-order valence-electron chi connectivity index (χ2n) is 5.36. The molecule has 1 amide bonds. The number of anilines is 1. The van der Waals surface area contributed by atoms with Crippen LogP contribution in [0.25, 0.3) is 15.5 Å². The zero-order valence-corrected chi connectivity index (χ0v) is 13.9. The van der Waals surface area contributed by atoms with E-state index in [1.807, 2.05) is 25.1 Å². The monoisotopic (exact) mass is 353 g/mol. The molecule has 0 atom stereocenters. The number of benzene rings is 2. The van der Waals surface area contributed by atoms with Crippen molar-refractivity contribution >= 4 is 27.9 Å². The van der Waals surface area contributed by atoms with Gasteiger partial charge in [-0.25, -0.2) is 4.39 Å². The maximum atomic E-state index is 13.3. The number of hydrogen-bond donors (Lipinski definition) is 1. The maximum absolute atomic E-state index is 13.3. The molecule has 2 aromatic carbocycles. The van der Waals surface area contributed by atoms with Crippen LogP contribution < -0.4 is 5.32 Å². The molecule has 6 nitrogen and oxygen atoms in total. The fourth-order valence-corrected chi connectivity index (χ4v) is 3.35. The summed E-state index contributed by atoms with van der Waals surface area (Å²) in [6.45, 7) is 1.82. The van der Waals surface area contributed by atoms with Crippen molar-refractivity contribution in [3.63, 3.8) is 0 Å². The first-order chi connectivity index (χ1) is 12.1. The zero-order valence-electron chi connectivity index (χ0n) is 13.1. The highest BCUT2D eigenvalue weighted by molar-refractivity contribution is 7.19. The van der Waals surface area contributed by atoms with Crippen LogP contribution in [0.3, 0.4) is 0 Å². The lowest BCUT2D eigenvalue weighted by Gasteiger charge is -2.09. The lowest BCUT2D eigenvalue weighted by atomic mass is 10.1. The van der Waals surface area contributed by atoms with Gasteiger partial charge in [0.15, 0.2) is 5.82 Å². The topological polar surface area (TPSA) is 72.2 Å². The van der Waals surface area contributed by atoms with Crippen LogP contribution >= 0.6 is 11.3 Å². The Kier molecular flexibility index (Phi) is 3.73. The molecule has 0 radical (unpaired) electrons. The maximum Gasteiger partial charge on any atom is 0.255 e. The summed E-state index contributed by atoms with van der Waals surface area (Å²) in [5, 5.41) is 16.0. The van der Waals surface area contributed by atoms with Gasteiger partial charge in [-0.15, -0.1) is 10.2 Å². The molecule has 4 rings (SSSR count). The molecule has 0 unspecified atom stereocenters. The van der Waals surface area contributed by atoms with Gasteiger partial charge in [0.2, 0.25) is 4.96 Å². The minimum absolute atomic E-state index is 0.254. The number of fused-ring (bicyclic) bond motifs is 1. The first-order valence-electron chi connectivity index (χ1n) is 7.47. The predicted octanol–water partition coefficient (Wildman–Crippen LogP) is 3.55. The Morgan fingerprint density at radius 2 is 2.00 bits per heavy atom. The molecule has 1 N–H and O–H groups in total. The number of rotatable bonds is 3. The third-order valence-corrected chi connectivity index (χ3v) is 4.57. The van der Waals surface area contributed by atoms with E-state index in [-0.39, 0.29) is 11.5 Å². The minimum Gasteiger partial charge on any atom is -0.321 e. The van der Waals surface area contributed by atoms with E-state index in [1.54, 1.807) is 16.6 Å². The smallest absolute Gasteiger partial charge is 0.255 e. The highest BCUT2D eigenvalue weighted by Crippen LogP contribution is 2.31. The van der Waals surface area contributed by atoms with E-state index in [2.05, 4.69) is 20.6 Å². The van der Waals surface area contributed by atoms with E-state index in [9.17, 15) is 9.18 Å². The van der Waals surface area contributed by atoms with Crippen molar-refractivity contribution in [2.75, 3.05) is 5.32 Å². The molecular formula is C17H12FN5OS. The van der Waals surface area contributed by atoms with Crippen LogP contribution in [0, 0.1) is 12.7 Å². The first-order valence-corrected chi connectivity index (χ1v) is 8.28. The molecule has 124 valence electrons. The van der Waals surface area contributed by atoms with Crippen LogP contribution in [-0.2, 0) is 0 Å². The largest absolute Gasteiger partial charge is 0.321 e. The van der Waals surface area contributed by atoms with Crippen molar-refractivity contribution in [1.82, 2.24) is 19.8 Å². The summed E-state index contributed by atoms with van der Waals surface area (Å²) in [5.74, 6) is -0.144. The second kappa shape index (κ2) is 6.06. The Labute approximate surface area is 146 Å². The molecule has 8 heteroatoms. The fourth-order valence-electron chi connectivity index (χ4n) is 2.43. The molecule has 0 saturated heterocycles. The summed E-state index contributed by atoms with van der Waals surface area (Å²) in [4.78, 5) is 13.1. The van der Waals surface area contributed by atoms with Gasteiger partial charge in [-0.05, 0) is 37.3 Å². The molecule has 2 aromatic heterocycles. The Morgan fingerprint density at radius 1 is 1.16 bits per heavy atom. The Morgan fingerprint density at radius 3 is 2.80 bits per heavy atom. The van der Waals surface area contributed by atoms with Crippen LogP contribution in [0.2, 0.25) is 0 Å². The lowest BCUT2D eigenvalue weighted by molar-refractivity contribution is 0.102. The second-order valence-corrected chi connectivity index (χ2v) is 6.31. The average Bonchev–Trinajstić information content (AvgIpc) is 3.18. The number of hydrogen-bond acceptors (Lipinski definition) is 5. The van der Waals surface area contributed by atoms with E-state index >= 15 is 0 Å². The van der Waals surface area contributed by atoms with Gasteiger partial charge in [0.05, 0.1) is 5.69 Å². The number of carbonyl (C=O) groups is 1. The van der Waals surface area contributed by atoms with E-state index < -0.39 is 5.82 Å². The zero-order chi connectivity index (χ0) is 17.4. The Balaban J connectivity index is 1.70. The number of aromatic nitrogens is 4. The molecule has 0 saturated carbocycles. The van der Waals surface area contributed by atoms with Crippen LogP contribution in [0.4, 0.5) is 10.1 Å². The first kappa shape index (κ1) is 15.4. The number of halogens is 1. The molecule has 0 spiro atoms. The molecular weight excluding hydrogens is 341 g/mol. The standard InChI is InChI=1S/C17H12FN5OS/c1-10-20-21-17-23(10)22-16(25-17)13-7-2-3-8-14(13)19-15(24)11-5-4-6-12(18)9-11/h2-9H,1H3,(H,19,24). The van der Waals surface area contributed by atoms with Crippen LogP contribution in [-0.4, -0.2) is 25.7 Å². The van der Waals surface area contributed by atoms with Crippen molar-refractivity contribution in [2.24, 2.45) is 0 Å². The van der Waals surface area contributed by atoms with Crippen molar-refractivity contribution in [1.29, 1.82) is 0 Å². The van der Waals surface area contributed by atoms with Crippen molar-refractivity contribution in [2.45, 2.75) is 6.92 Å². The molecule has 4 aromatic rings. The fraction of sp³-hybridized carbons (Fsp3) is 0.0588. The summed E-state index contributed by atoms with van der Waals surface area (Å²) in [7, 11) is 0. The Bertz CT molecular complexity index is 1090. The van der Waals surface area contributed by atoms with Crippen LogP contribution in [0.15, 0.2) is 48.5 Å². The molecule has 0 fully saturated rings. The third kappa shape index (κ3) is 2.87. The number of nitrogens with one attached hydrogen (secondary N) is 1. The van der Waals surface area contributed by atoms with E-state index in [0.717, 1.165) is 5.56 Å².